The number of hydrogen-bond acceptors (Lipinski definition) is 3. The molecule has 0 atom stereocenters. The quantitative estimate of drug-likeness (QED) is 0.679. The summed E-state index contributed by atoms with van der Waals surface area (Å²) in [7, 11) is 3.10. The van der Waals surface area contributed by atoms with Gasteiger partial charge in [-0.15, -0.1) is 0 Å². The van der Waals surface area contributed by atoms with Gasteiger partial charge >= 0.3 is 5.97 Å². The first-order valence-corrected chi connectivity index (χ1v) is 5.49. The fraction of sp³-hybridized carbons (Fsp3) is 0.182. The fourth-order valence-corrected chi connectivity index (χ4v) is 2.05. The van der Waals surface area contributed by atoms with E-state index in [9.17, 15) is 4.79 Å². The van der Waals surface area contributed by atoms with Crippen LogP contribution >= 0.6 is 22.6 Å². The number of ether oxygens (including phenoxy) is 2. The number of halogens is 1. The molecule has 0 radical (unpaired) electrons. The van der Waals surface area contributed by atoms with Crippen LogP contribution in [0, 0.1) is 3.57 Å². The standard InChI is InChI=1S/C11H11IO4/c1-15-9-6-7(3-4-10(13)14)5-8(12)11(9)16-2/h3-6H,1-2H3,(H,13,14)/b4-3+. The molecule has 0 spiro atoms. The van der Waals surface area contributed by atoms with Gasteiger partial charge in [-0.05, 0) is 46.4 Å². The van der Waals surface area contributed by atoms with Crippen LogP contribution in [-0.2, 0) is 4.79 Å². The van der Waals surface area contributed by atoms with Gasteiger partial charge < -0.3 is 14.6 Å². The van der Waals surface area contributed by atoms with E-state index in [1.54, 1.807) is 20.3 Å². The summed E-state index contributed by atoms with van der Waals surface area (Å²) in [5.74, 6) is 0.250. The van der Waals surface area contributed by atoms with Gasteiger partial charge in [0, 0.05) is 6.08 Å². The third kappa shape index (κ3) is 3.13. The second-order valence-corrected chi connectivity index (χ2v) is 4.07. The number of hydrogen-bond donors (Lipinski definition) is 1. The first-order chi connectivity index (χ1) is 7.58. The molecule has 86 valence electrons. The lowest BCUT2D eigenvalue weighted by Gasteiger charge is -2.10. The molecule has 16 heavy (non-hydrogen) atoms. The summed E-state index contributed by atoms with van der Waals surface area (Å²) in [5, 5.41) is 8.53. The Kier molecular flexibility index (Phi) is 4.60. The van der Waals surface area contributed by atoms with Crippen LogP contribution in [0.4, 0.5) is 0 Å². The summed E-state index contributed by atoms with van der Waals surface area (Å²) in [6, 6.07) is 3.54. The van der Waals surface area contributed by atoms with Crippen molar-refractivity contribution >= 4 is 34.6 Å². The molecule has 0 bridgehead atoms. The first kappa shape index (κ1) is 12.8. The molecule has 0 aromatic heterocycles. The predicted octanol–water partition coefficient (Wildman–Crippen LogP) is 2.41. The van der Waals surface area contributed by atoms with E-state index in [0.717, 1.165) is 15.2 Å². The Balaban J connectivity index is 3.15. The lowest BCUT2D eigenvalue weighted by molar-refractivity contribution is -0.131. The number of carboxylic acid groups (broad SMARTS) is 1. The van der Waals surface area contributed by atoms with Crippen molar-refractivity contribution in [2.24, 2.45) is 0 Å². The van der Waals surface area contributed by atoms with Crippen LogP contribution in [-0.4, -0.2) is 25.3 Å². The molecule has 0 aliphatic carbocycles. The maximum Gasteiger partial charge on any atom is 0.328 e. The Bertz CT molecular complexity index is 426. The van der Waals surface area contributed by atoms with Crippen molar-refractivity contribution < 1.29 is 19.4 Å². The molecule has 0 saturated heterocycles. The van der Waals surface area contributed by atoms with Gasteiger partial charge in [-0.25, -0.2) is 4.79 Å². The second-order valence-electron chi connectivity index (χ2n) is 2.91. The average molecular weight is 334 g/mol. The van der Waals surface area contributed by atoms with Crippen molar-refractivity contribution in [3.8, 4) is 11.5 Å². The summed E-state index contributed by atoms with van der Waals surface area (Å²) in [6.45, 7) is 0. The van der Waals surface area contributed by atoms with Crippen LogP contribution in [0.3, 0.4) is 0 Å². The highest BCUT2D eigenvalue weighted by molar-refractivity contribution is 14.1. The normalized spacial score (nSPS) is 10.4. The minimum atomic E-state index is -0.982. The smallest absolute Gasteiger partial charge is 0.328 e. The van der Waals surface area contributed by atoms with Crippen molar-refractivity contribution in [1.82, 2.24) is 0 Å². The Morgan fingerprint density at radius 3 is 2.56 bits per heavy atom. The minimum absolute atomic E-state index is 0.583. The van der Waals surface area contributed by atoms with Gasteiger partial charge in [-0.1, -0.05) is 0 Å². The highest BCUT2D eigenvalue weighted by atomic mass is 127. The van der Waals surface area contributed by atoms with Crippen molar-refractivity contribution in [1.29, 1.82) is 0 Å². The van der Waals surface area contributed by atoms with Crippen LogP contribution in [0.15, 0.2) is 18.2 Å². The molecule has 0 heterocycles. The molecule has 0 aliphatic heterocycles. The maximum absolute atomic E-state index is 10.4. The van der Waals surface area contributed by atoms with Crippen molar-refractivity contribution in [3.63, 3.8) is 0 Å². The predicted molar refractivity (Wildman–Crippen MR) is 68.9 cm³/mol. The summed E-state index contributed by atoms with van der Waals surface area (Å²) < 4.78 is 11.2. The Morgan fingerprint density at radius 1 is 1.38 bits per heavy atom. The molecule has 0 unspecified atom stereocenters. The number of methoxy groups -OCH3 is 2. The SMILES string of the molecule is COc1cc(/C=C/C(=O)O)cc(I)c1OC. The van der Waals surface area contributed by atoms with E-state index < -0.39 is 5.97 Å². The van der Waals surface area contributed by atoms with Crippen LogP contribution < -0.4 is 9.47 Å². The molecule has 4 nitrogen and oxygen atoms in total. The van der Waals surface area contributed by atoms with E-state index in [1.807, 2.05) is 6.07 Å². The van der Waals surface area contributed by atoms with Gasteiger partial charge in [-0.2, -0.15) is 0 Å². The van der Waals surface area contributed by atoms with E-state index >= 15 is 0 Å². The van der Waals surface area contributed by atoms with Gasteiger partial charge in [0.25, 0.3) is 0 Å². The first-order valence-electron chi connectivity index (χ1n) is 4.41. The molecule has 5 heteroatoms. The van der Waals surface area contributed by atoms with Crippen molar-refractivity contribution in [2.75, 3.05) is 14.2 Å². The number of carboxylic acids is 1. The summed E-state index contributed by atoms with van der Waals surface area (Å²) >= 11 is 2.11. The van der Waals surface area contributed by atoms with Gasteiger partial charge in [0.2, 0.25) is 0 Å². The van der Waals surface area contributed by atoms with Gasteiger partial charge in [0.1, 0.15) is 0 Å². The summed E-state index contributed by atoms with van der Waals surface area (Å²) in [5.41, 5.74) is 0.754. The Labute approximate surface area is 107 Å². The largest absolute Gasteiger partial charge is 0.493 e. The molecule has 0 fully saturated rings. The molecule has 1 aromatic carbocycles. The highest BCUT2D eigenvalue weighted by Gasteiger charge is 2.09. The van der Waals surface area contributed by atoms with Crippen LogP contribution in [0.5, 0.6) is 11.5 Å². The van der Waals surface area contributed by atoms with Gasteiger partial charge in [-0.3, -0.25) is 0 Å². The number of rotatable bonds is 4. The van der Waals surface area contributed by atoms with Crippen molar-refractivity contribution in [3.05, 3.63) is 27.3 Å². The topological polar surface area (TPSA) is 55.8 Å². The summed E-state index contributed by atoms with van der Waals surface area (Å²) in [4.78, 5) is 10.4. The lowest BCUT2D eigenvalue weighted by Crippen LogP contribution is -1.94. The minimum Gasteiger partial charge on any atom is -0.493 e. The fourth-order valence-electron chi connectivity index (χ4n) is 1.20. The van der Waals surface area contributed by atoms with Crippen LogP contribution in [0.25, 0.3) is 6.08 Å². The van der Waals surface area contributed by atoms with Crippen LogP contribution in [0.1, 0.15) is 5.56 Å². The van der Waals surface area contributed by atoms with Gasteiger partial charge in [0.05, 0.1) is 17.8 Å². The molecule has 0 aliphatic rings. The zero-order valence-electron chi connectivity index (χ0n) is 8.86. The molecule has 1 N–H and O–H groups in total. The number of carbonyl (C=O) groups is 1. The second kappa shape index (κ2) is 5.74. The molecule has 0 amide bonds. The third-order valence-electron chi connectivity index (χ3n) is 1.87. The van der Waals surface area contributed by atoms with E-state index in [2.05, 4.69) is 22.6 Å². The van der Waals surface area contributed by atoms with Gasteiger partial charge in [0.15, 0.2) is 11.5 Å². The molecule has 1 rings (SSSR count). The van der Waals surface area contributed by atoms with E-state index in [0.29, 0.717) is 11.5 Å². The average Bonchev–Trinajstić information content (AvgIpc) is 2.25. The van der Waals surface area contributed by atoms with E-state index in [-0.39, 0.29) is 0 Å². The maximum atomic E-state index is 10.4. The number of benzene rings is 1. The monoisotopic (exact) mass is 334 g/mol. The number of aliphatic carboxylic acids is 1. The lowest BCUT2D eigenvalue weighted by atomic mass is 10.2. The molecule has 0 saturated carbocycles. The highest BCUT2D eigenvalue weighted by Crippen LogP contribution is 2.33. The Morgan fingerprint density at radius 2 is 2.06 bits per heavy atom. The zero-order valence-corrected chi connectivity index (χ0v) is 11.0. The van der Waals surface area contributed by atoms with E-state index in [1.165, 1.54) is 6.08 Å². The summed E-state index contributed by atoms with van der Waals surface area (Å²) in [6.07, 6.45) is 2.59. The molecular weight excluding hydrogens is 323 g/mol. The van der Waals surface area contributed by atoms with Crippen molar-refractivity contribution in [2.45, 2.75) is 0 Å². The zero-order chi connectivity index (χ0) is 12.1. The Hall–Kier alpha value is -1.24. The van der Waals surface area contributed by atoms with Crippen LogP contribution in [0.2, 0.25) is 0 Å². The van der Waals surface area contributed by atoms with E-state index in [4.69, 9.17) is 14.6 Å². The molecule has 1 aromatic rings. The molecular formula is C11H11IO4. The third-order valence-corrected chi connectivity index (χ3v) is 2.68.